The van der Waals surface area contributed by atoms with Crippen molar-refractivity contribution in [3.63, 3.8) is 0 Å². The molecule has 0 heterocycles. The molecule has 0 aromatic carbocycles. The molecule has 0 saturated heterocycles. The lowest BCUT2D eigenvalue weighted by Gasteiger charge is -2.18. The smallest absolute Gasteiger partial charge is 0.306 e. The molecule has 0 aliphatic carbocycles. The van der Waals surface area contributed by atoms with Gasteiger partial charge in [0.05, 0.1) is 0 Å². The van der Waals surface area contributed by atoms with E-state index < -0.39 is 6.10 Å². The van der Waals surface area contributed by atoms with Crippen molar-refractivity contribution in [2.45, 2.75) is 386 Å². The maximum Gasteiger partial charge on any atom is 0.306 e. The molecule has 0 N–H and O–H groups in total. The fourth-order valence-corrected chi connectivity index (χ4v) is 10.5. The Bertz CT molecular complexity index is 1360. The fraction of sp³-hybridized carbons (Fsp3) is 0.849. The molecule has 0 aromatic rings. The van der Waals surface area contributed by atoms with E-state index in [-0.39, 0.29) is 31.1 Å². The molecule has 0 aromatic heterocycles. The van der Waals surface area contributed by atoms with E-state index in [1.165, 1.54) is 263 Å². The van der Waals surface area contributed by atoms with Crippen LogP contribution in [0.4, 0.5) is 0 Å². The van der Waals surface area contributed by atoms with Gasteiger partial charge in [-0.1, -0.05) is 326 Å². The van der Waals surface area contributed by atoms with E-state index in [0.29, 0.717) is 19.3 Å². The van der Waals surface area contributed by atoms with Gasteiger partial charge in [0, 0.05) is 19.3 Å². The average Bonchev–Trinajstić information content (AvgIpc) is 3.45. The molecule has 0 bridgehead atoms. The van der Waals surface area contributed by atoms with Crippen molar-refractivity contribution in [1.29, 1.82) is 0 Å². The summed E-state index contributed by atoms with van der Waals surface area (Å²) in [6.07, 6.45) is 85.7. The minimum Gasteiger partial charge on any atom is -0.462 e. The summed E-state index contributed by atoms with van der Waals surface area (Å²) >= 11 is 0. The molecule has 0 amide bonds. The molecule has 0 saturated carbocycles. The highest BCUT2D eigenvalue weighted by Gasteiger charge is 2.19. The largest absolute Gasteiger partial charge is 0.462 e. The first-order chi connectivity index (χ1) is 39.0. The molecule has 79 heavy (non-hydrogen) atoms. The van der Waals surface area contributed by atoms with Crippen LogP contribution in [0, 0.1) is 0 Å². The molecule has 0 spiro atoms. The lowest BCUT2D eigenvalue weighted by Crippen LogP contribution is -2.30. The van der Waals surface area contributed by atoms with E-state index in [1.807, 2.05) is 0 Å². The third-order valence-electron chi connectivity index (χ3n) is 15.8. The Balaban J connectivity index is 4.23. The van der Waals surface area contributed by atoms with Gasteiger partial charge in [0.2, 0.25) is 0 Å². The number of carbonyl (C=O) groups excluding carboxylic acids is 3. The van der Waals surface area contributed by atoms with Crippen LogP contribution >= 0.6 is 0 Å². The molecule has 1 atom stereocenters. The maximum atomic E-state index is 12.9. The van der Waals surface area contributed by atoms with Gasteiger partial charge < -0.3 is 14.2 Å². The van der Waals surface area contributed by atoms with Crippen molar-refractivity contribution < 1.29 is 28.6 Å². The van der Waals surface area contributed by atoms with Crippen LogP contribution < -0.4 is 0 Å². The normalized spacial score (nSPS) is 12.3. The van der Waals surface area contributed by atoms with Crippen molar-refractivity contribution in [2.24, 2.45) is 0 Å². The zero-order chi connectivity index (χ0) is 57.1. The van der Waals surface area contributed by atoms with Crippen molar-refractivity contribution >= 4 is 17.9 Å². The summed E-state index contributed by atoms with van der Waals surface area (Å²) in [5, 5.41) is 0. The molecule has 462 valence electrons. The van der Waals surface area contributed by atoms with Crippen molar-refractivity contribution in [2.75, 3.05) is 13.2 Å². The lowest BCUT2D eigenvalue weighted by atomic mass is 10.0. The molecule has 0 rings (SSSR count). The van der Waals surface area contributed by atoms with Crippen molar-refractivity contribution in [1.82, 2.24) is 0 Å². The Labute approximate surface area is 492 Å². The molecule has 0 fully saturated rings. The molecular formula is C73H134O6. The van der Waals surface area contributed by atoms with Gasteiger partial charge in [-0.05, 0) is 83.5 Å². The van der Waals surface area contributed by atoms with Crippen LogP contribution in [0.1, 0.15) is 380 Å². The van der Waals surface area contributed by atoms with Crippen LogP contribution in [0.25, 0.3) is 0 Å². The summed E-state index contributed by atoms with van der Waals surface area (Å²) in [5.41, 5.74) is 0. The number of rotatable bonds is 65. The lowest BCUT2D eigenvalue weighted by molar-refractivity contribution is -0.167. The Kier molecular flexibility index (Phi) is 65.6. The number of hydrogen-bond acceptors (Lipinski definition) is 6. The highest BCUT2D eigenvalue weighted by atomic mass is 16.6. The third kappa shape index (κ3) is 66.1. The number of unbranched alkanes of at least 4 members (excludes halogenated alkanes) is 46. The Morgan fingerprint density at radius 2 is 0.456 bits per heavy atom. The quantitative estimate of drug-likeness (QED) is 0.0261. The summed E-state index contributed by atoms with van der Waals surface area (Å²) in [6, 6.07) is 0. The van der Waals surface area contributed by atoms with Gasteiger partial charge in [-0.2, -0.15) is 0 Å². The Morgan fingerprint density at radius 3 is 0.747 bits per heavy atom. The monoisotopic (exact) mass is 1110 g/mol. The summed E-state index contributed by atoms with van der Waals surface area (Å²) in [6.45, 7) is 6.66. The standard InChI is InChI=1S/C73H134O6/c1-4-7-10-13-16-19-22-25-27-29-31-33-35-37-39-40-42-44-46-48-51-54-57-60-63-66-72(75)78-69-70(68-77-71(74)65-62-59-56-53-50-24-21-18-15-12-9-6-3)79-73(76)67-64-61-58-55-52-49-47-45-43-41-38-36-34-32-30-28-26-23-20-17-14-11-8-5-2/h18,21-22,25,29,31,35,37,70H,4-17,19-20,23-24,26-28,30,32-34,36,38-69H2,1-3H3/b21-18-,25-22-,31-29-,37-35-. The van der Waals surface area contributed by atoms with Gasteiger partial charge in [-0.25, -0.2) is 0 Å². The van der Waals surface area contributed by atoms with Gasteiger partial charge in [0.15, 0.2) is 6.10 Å². The van der Waals surface area contributed by atoms with Crippen LogP contribution in [0.5, 0.6) is 0 Å². The first kappa shape index (κ1) is 76.4. The van der Waals surface area contributed by atoms with E-state index in [9.17, 15) is 14.4 Å². The average molecular weight is 1110 g/mol. The topological polar surface area (TPSA) is 78.9 Å². The van der Waals surface area contributed by atoms with Gasteiger partial charge in [0.25, 0.3) is 0 Å². The number of esters is 3. The minimum absolute atomic E-state index is 0.0740. The number of carbonyl (C=O) groups is 3. The van der Waals surface area contributed by atoms with E-state index in [0.717, 1.165) is 77.0 Å². The zero-order valence-electron chi connectivity index (χ0n) is 53.2. The van der Waals surface area contributed by atoms with E-state index in [4.69, 9.17) is 14.2 Å². The highest BCUT2D eigenvalue weighted by molar-refractivity contribution is 5.71. The van der Waals surface area contributed by atoms with E-state index in [1.54, 1.807) is 0 Å². The third-order valence-corrected chi connectivity index (χ3v) is 15.8. The first-order valence-corrected chi connectivity index (χ1v) is 35.1. The maximum absolute atomic E-state index is 12.9. The predicted octanol–water partition coefficient (Wildman–Crippen LogP) is 24.1. The highest BCUT2D eigenvalue weighted by Crippen LogP contribution is 2.18. The molecule has 0 aliphatic heterocycles. The second kappa shape index (κ2) is 67.9. The summed E-state index contributed by atoms with van der Waals surface area (Å²) < 4.78 is 17.0. The second-order valence-electron chi connectivity index (χ2n) is 23.8. The minimum atomic E-state index is -0.777. The van der Waals surface area contributed by atoms with Crippen molar-refractivity contribution in [3.8, 4) is 0 Å². The van der Waals surface area contributed by atoms with Crippen LogP contribution in [0.15, 0.2) is 48.6 Å². The van der Waals surface area contributed by atoms with Crippen LogP contribution in [-0.4, -0.2) is 37.2 Å². The Morgan fingerprint density at radius 1 is 0.253 bits per heavy atom. The molecule has 0 aliphatic rings. The predicted molar refractivity (Wildman–Crippen MR) is 344 cm³/mol. The summed E-state index contributed by atoms with van der Waals surface area (Å²) in [7, 11) is 0. The molecule has 1 unspecified atom stereocenters. The van der Waals surface area contributed by atoms with Crippen molar-refractivity contribution in [3.05, 3.63) is 48.6 Å². The molecule has 0 radical (unpaired) electrons. The number of ether oxygens (including phenoxy) is 3. The first-order valence-electron chi connectivity index (χ1n) is 35.1. The molecular weight excluding hydrogens is 973 g/mol. The van der Waals surface area contributed by atoms with E-state index >= 15 is 0 Å². The summed E-state index contributed by atoms with van der Waals surface area (Å²) in [4.78, 5) is 38.4. The van der Waals surface area contributed by atoms with Gasteiger partial charge in [-0.3, -0.25) is 14.4 Å². The van der Waals surface area contributed by atoms with Crippen LogP contribution in [-0.2, 0) is 28.6 Å². The summed E-state index contributed by atoms with van der Waals surface area (Å²) in [5.74, 6) is -0.862. The van der Waals surface area contributed by atoms with E-state index in [2.05, 4.69) is 69.4 Å². The second-order valence-corrected chi connectivity index (χ2v) is 23.8. The van der Waals surface area contributed by atoms with Gasteiger partial charge in [-0.15, -0.1) is 0 Å². The Hall–Kier alpha value is -2.63. The zero-order valence-corrected chi connectivity index (χ0v) is 53.2. The SMILES string of the molecule is CCCCC/C=C\CCCCCCCC(=O)OCC(COC(=O)CCCCCCCCCCCC/C=C\C/C=C\C/C=C\CCCCCCC)OC(=O)CCCCCCCCCCCCCCCCCCCCCCCCCC. The number of hydrogen-bond donors (Lipinski definition) is 0. The molecule has 6 heteroatoms. The van der Waals surface area contributed by atoms with Crippen LogP contribution in [0.2, 0.25) is 0 Å². The number of allylic oxidation sites excluding steroid dienone is 8. The van der Waals surface area contributed by atoms with Gasteiger partial charge >= 0.3 is 17.9 Å². The fourth-order valence-electron chi connectivity index (χ4n) is 10.5. The van der Waals surface area contributed by atoms with Crippen LogP contribution in [0.3, 0.4) is 0 Å². The van der Waals surface area contributed by atoms with Gasteiger partial charge in [0.1, 0.15) is 13.2 Å². The molecule has 6 nitrogen and oxygen atoms in total.